The number of nitrogens with zero attached hydrogens (tertiary/aromatic N) is 4. The monoisotopic (exact) mass is 582 g/mol. The summed E-state index contributed by atoms with van der Waals surface area (Å²) in [6, 6.07) is 7.51. The smallest absolute Gasteiger partial charge is 0.378 e. The van der Waals surface area contributed by atoms with Gasteiger partial charge in [0.15, 0.2) is 0 Å². The van der Waals surface area contributed by atoms with E-state index >= 15 is 0 Å². The summed E-state index contributed by atoms with van der Waals surface area (Å²) in [5, 5.41) is 0.569. The molecule has 4 heterocycles. The Morgan fingerprint density at radius 2 is 1.85 bits per heavy atom. The summed E-state index contributed by atoms with van der Waals surface area (Å²) in [5.74, 6) is -1.44. The fourth-order valence-electron chi connectivity index (χ4n) is 4.53. The first-order valence-corrected chi connectivity index (χ1v) is 13.5. The summed E-state index contributed by atoms with van der Waals surface area (Å²) in [5.41, 5.74) is -0.277. The predicted molar refractivity (Wildman–Crippen MR) is 136 cm³/mol. The summed E-state index contributed by atoms with van der Waals surface area (Å²) in [4.78, 5) is 37.8. The zero-order valence-electron chi connectivity index (χ0n) is 20.7. The molecule has 0 atom stereocenters. The van der Waals surface area contributed by atoms with Gasteiger partial charge in [-0.25, -0.2) is 13.9 Å². The Hall–Kier alpha value is -3.55. The van der Waals surface area contributed by atoms with Crippen LogP contribution in [0.2, 0.25) is 0 Å². The van der Waals surface area contributed by atoms with Gasteiger partial charge in [-0.1, -0.05) is 12.1 Å². The second-order valence-corrected chi connectivity index (χ2v) is 10.3. The number of anilines is 1. The van der Waals surface area contributed by atoms with Gasteiger partial charge in [-0.15, -0.1) is 0 Å². The van der Waals surface area contributed by atoms with Crippen molar-refractivity contribution in [1.82, 2.24) is 14.1 Å². The Kier molecular flexibility index (Phi) is 7.55. The maximum atomic E-state index is 14.5. The number of benzene rings is 1. The first-order valence-electron chi connectivity index (χ1n) is 12.0. The molecule has 0 amide bonds. The van der Waals surface area contributed by atoms with Crippen LogP contribution in [-0.2, 0) is 33.3 Å². The van der Waals surface area contributed by atoms with Crippen LogP contribution in [-0.4, -0.2) is 50.2 Å². The number of morpholine rings is 1. The average Bonchev–Trinajstić information content (AvgIpc) is 3.27. The molecular formula is C25H23F4N4O6P. The highest BCUT2D eigenvalue weighted by Crippen LogP contribution is 2.38. The van der Waals surface area contributed by atoms with Crippen LogP contribution in [0.25, 0.3) is 22.2 Å². The number of phosphoric ester groups is 1. The standard InChI is InChI=1S/C25H23F4N4O6P/c26-23-17(2-1-3-21(23)25(27,28)29)13-32-5-4-16(10-22(32)34)20-14-33(15-39-40(35,36)37)24-19(20)11-18(12-30-24)31-6-8-38-9-7-31/h1-5,10-12,14H,6-9,13,15H2,(H2,35,36,37). The second kappa shape index (κ2) is 10.8. The second-order valence-electron chi connectivity index (χ2n) is 9.08. The van der Waals surface area contributed by atoms with Gasteiger partial charge in [0.1, 0.15) is 18.2 Å². The Labute approximate surface area is 224 Å². The van der Waals surface area contributed by atoms with Gasteiger partial charge < -0.3 is 28.6 Å². The molecule has 1 aromatic carbocycles. The first kappa shape index (κ1) is 28.0. The lowest BCUT2D eigenvalue weighted by atomic mass is 10.1. The molecule has 0 radical (unpaired) electrons. The minimum Gasteiger partial charge on any atom is -0.378 e. The summed E-state index contributed by atoms with van der Waals surface area (Å²) in [6.07, 6.45) is -0.387. The van der Waals surface area contributed by atoms with Gasteiger partial charge in [0.25, 0.3) is 5.56 Å². The van der Waals surface area contributed by atoms with Gasteiger partial charge in [0.05, 0.1) is 37.2 Å². The molecule has 0 spiro atoms. The van der Waals surface area contributed by atoms with E-state index < -0.39 is 44.2 Å². The van der Waals surface area contributed by atoms with Crippen molar-refractivity contribution < 1.29 is 41.2 Å². The molecule has 4 aromatic rings. The van der Waals surface area contributed by atoms with Crippen molar-refractivity contribution in [3.05, 3.63) is 82.3 Å². The minimum absolute atomic E-state index is 0.296. The predicted octanol–water partition coefficient (Wildman–Crippen LogP) is 3.97. The van der Waals surface area contributed by atoms with Crippen LogP contribution in [0.5, 0.6) is 0 Å². The molecule has 0 unspecified atom stereocenters. The minimum atomic E-state index is -4.87. The molecule has 1 aliphatic rings. The molecule has 0 aliphatic carbocycles. The first-order chi connectivity index (χ1) is 18.9. The number of rotatable bonds is 7. The fourth-order valence-corrected chi connectivity index (χ4v) is 4.81. The van der Waals surface area contributed by atoms with Gasteiger partial charge >= 0.3 is 14.0 Å². The molecule has 1 fully saturated rings. The quantitative estimate of drug-likeness (QED) is 0.248. The van der Waals surface area contributed by atoms with Crippen LogP contribution in [0, 0.1) is 5.82 Å². The molecular weight excluding hydrogens is 559 g/mol. The van der Waals surface area contributed by atoms with E-state index in [1.54, 1.807) is 6.20 Å². The molecule has 5 rings (SSSR count). The highest BCUT2D eigenvalue weighted by atomic mass is 31.2. The normalized spacial score (nSPS) is 14.7. The average molecular weight is 582 g/mol. The lowest BCUT2D eigenvalue weighted by molar-refractivity contribution is -0.140. The van der Waals surface area contributed by atoms with Gasteiger partial charge in [-0.2, -0.15) is 13.2 Å². The molecule has 1 aliphatic heterocycles. The SMILES string of the molecule is O=c1cc(-c2cn(COP(=O)(O)O)c3ncc(N4CCOCC4)cc23)ccn1Cc1cccc(C(F)(F)F)c1F. The summed E-state index contributed by atoms with van der Waals surface area (Å²) in [6.45, 7) is 1.39. The zero-order valence-corrected chi connectivity index (χ0v) is 21.6. The molecule has 15 heteroatoms. The Morgan fingerprint density at radius 1 is 1.10 bits per heavy atom. The van der Waals surface area contributed by atoms with Crippen molar-refractivity contribution in [1.29, 1.82) is 0 Å². The number of phosphoric acid groups is 1. The molecule has 3 aromatic heterocycles. The van der Waals surface area contributed by atoms with Gasteiger partial charge in [0, 0.05) is 48.1 Å². The number of hydrogen-bond donors (Lipinski definition) is 2. The van der Waals surface area contributed by atoms with E-state index in [0.29, 0.717) is 54.5 Å². The third kappa shape index (κ3) is 5.96. The number of aromatic nitrogens is 3. The van der Waals surface area contributed by atoms with E-state index in [4.69, 9.17) is 14.5 Å². The summed E-state index contributed by atoms with van der Waals surface area (Å²) >= 11 is 0. The summed E-state index contributed by atoms with van der Waals surface area (Å²) in [7, 11) is -4.79. The number of alkyl halides is 3. The van der Waals surface area contributed by atoms with Crippen LogP contribution in [0.4, 0.5) is 23.2 Å². The topological polar surface area (TPSA) is 119 Å². The third-order valence-corrected chi connectivity index (χ3v) is 6.92. The molecule has 10 nitrogen and oxygen atoms in total. The van der Waals surface area contributed by atoms with E-state index in [1.807, 2.05) is 6.07 Å². The van der Waals surface area contributed by atoms with Crippen molar-refractivity contribution in [2.45, 2.75) is 19.5 Å². The van der Waals surface area contributed by atoms with E-state index in [1.165, 1.54) is 35.2 Å². The van der Waals surface area contributed by atoms with Crippen LogP contribution in [0.15, 0.2) is 59.8 Å². The molecule has 0 bridgehead atoms. The van der Waals surface area contributed by atoms with Gasteiger partial charge in [-0.3, -0.25) is 9.32 Å². The molecule has 0 saturated carbocycles. The van der Waals surface area contributed by atoms with E-state index in [9.17, 15) is 26.9 Å². The lowest BCUT2D eigenvalue weighted by Gasteiger charge is -2.28. The number of halogens is 4. The number of fused-ring (bicyclic) bond motifs is 1. The molecule has 212 valence electrons. The number of hydrogen-bond acceptors (Lipinski definition) is 6. The van der Waals surface area contributed by atoms with Crippen molar-refractivity contribution >= 4 is 24.5 Å². The zero-order chi connectivity index (χ0) is 28.7. The van der Waals surface area contributed by atoms with E-state index in [0.717, 1.165) is 16.3 Å². The van der Waals surface area contributed by atoms with Crippen LogP contribution >= 0.6 is 7.82 Å². The van der Waals surface area contributed by atoms with Gasteiger partial charge in [0.2, 0.25) is 0 Å². The van der Waals surface area contributed by atoms with Crippen LogP contribution < -0.4 is 10.5 Å². The molecule has 40 heavy (non-hydrogen) atoms. The maximum absolute atomic E-state index is 14.5. The van der Waals surface area contributed by atoms with E-state index in [2.05, 4.69) is 14.4 Å². The Bertz CT molecular complexity index is 1660. The fraction of sp³-hybridized carbons (Fsp3) is 0.280. The highest BCUT2D eigenvalue weighted by molar-refractivity contribution is 7.46. The van der Waals surface area contributed by atoms with Crippen molar-refractivity contribution in [2.75, 3.05) is 31.2 Å². The lowest BCUT2D eigenvalue weighted by Crippen LogP contribution is -2.36. The maximum Gasteiger partial charge on any atom is 0.471 e. The number of pyridine rings is 2. The Balaban J connectivity index is 1.53. The summed E-state index contributed by atoms with van der Waals surface area (Å²) < 4.78 is 77.7. The molecule has 2 N–H and O–H groups in total. The van der Waals surface area contributed by atoms with Crippen molar-refractivity contribution in [2.24, 2.45) is 0 Å². The largest absolute Gasteiger partial charge is 0.471 e. The third-order valence-electron chi connectivity index (χ3n) is 6.47. The number of ether oxygens (including phenoxy) is 1. The van der Waals surface area contributed by atoms with Crippen LogP contribution in [0.3, 0.4) is 0 Å². The van der Waals surface area contributed by atoms with Crippen molar-refractivity contribution in [3.63, 3.8) is 0 Å². The Morgan fingerprint density at radius 3 is 2.52 bits per heavy atom. The van der Waals surface area contributed by atoms with Crippen molar-refractivity contribution in [3.8, 4) is 11.1 Å². The molecule has 1 saturated heterocycles. The highest BCUT2D eigenvalue weighted by Gasteiger charge is 2.34. The van der Waals surface area contributed by atoms with Gasteiger partial charge in [-0.05, 0) is 23.8 Å². The van der Waals surface area contributed by atoms with E-state index in [-0.39, 0.29) is 5.56 Å². The van der Waals surface area contributed by atoms with Crippen LogP contribution in [0.1, 0.15) is 11.1 Å².